The van der Waals surface area contributed by atoms with Crippen molar-refractivity contribution in [2.45, 2.75) is 31.5 Å². The van der Waals surface area contributed by atoms with Crippen LogP contribution in [-0.4, -0.2) is 31.7 Å². The molecule has 2 rings (SSSR count). The molecule has 0 saturated carbocycles. The maximum absolute atomic E-state index is 12.8. The molecule has 0 saturated heterocycles. The minimum absolute atomic E-state index is 0.0324. The van der Waals surface area contributed by atoms with Crippen LogP contribution in [0, 0.1) is 0 Å². The van der Waals surface area contributed by atoms with Crippen molar-refractivity contribution >= 4 is 27.5 Å². The molecule has 0 atom stereocenters. The van der Waals surface area contributed by atoms with Crippen LogP contribution in [0.5, 0.6) is 0 Å². The molecule has 1 amide bonds. The van der Waals surface area contributed by atoms with Crippen molar-refractivity contribution in [3.8, 4) is 0 Å². The molecule has 0 aliphatic rings. The highest BCUT2D eigenvalue weighted by atomic mass is 35.5. The lowest BCUT2D eigenvalue weighted by molar-refractivity contribution is -0.137. The van der Waals surface area contributed by atoms with Gasteiger partial charge in [0, 0.05) is 19.6 Å². The Hall–Kier alpha value is -2.10. The van der Waals surface area contributed by atoms with Crippen LogP contribution in [0.15, 0.2) is 47.4 Å². The van der Waals surface area contributed by atoms with E-state index in [4.69, 9.17) is 11.6 Å². The number of hydrogen-bond acceptors (Lipinski definition) is 3. The third-order valence-electron chi connectivity index (χ3n) is 4.23. The predicted molar refractivity (Wildman–Crippen MR) is 104 cm³/mol. The SMILES string of the molecule is CCN(CC)S(=O)(=O)c1ccc(Cl)c(C(=O)NCc2cccc(C(F)(F)F)c2)c1. The zero-order valence-electron chi connectivity index (χ0n) is 15.8. The van der Waals surface area contributed by atoms with Crippen LogP contribution in [0.3, 0.4) is 0 Å². The molecule has 0 radical (unpaired) electrons. The van der Waals surface area contributed by atoms with Crippen LogP contribution in [0.2, 0.25) is 5.02 Å². The lowest BCUT2D eigenvalue weighted by Crippen LogP contribution is -2.31. The molecule has 0 unspecified atom stereocenters. The maximum Gasteiger partial charge on any atom is 0.416 e. The first-order chi connectivity index (χ1) is 13.5. The Kier molecular flexibility index (Phi) is 7.31. The molecule has 29 heavy (non-hydrogen) atoms. The number of nitrogens with zero attached hydrogens (tertiary/aromatic N) is 1. The molecule has 0 aliphatic carbocycles. The molecule has 0 bridgehead atoms. The molecule has 1 N–H and O–H groups in total. The van der Waals surface area contributed by atoms with E-state index in [2.05, 4.69) is 5.32 Å². The Balaban J connectivity index is 2.24. The maximum atomic E-state index is 12.8. The summed E-state index contributed by atoms with van der Waals surface area (Å²) in [6, 6.07) is 8.33. The van der Waals surface area contributed by atoms with Crippen molar-refractivity contribution in [1.82, 2.24) is 9.62 Å². The van der Waals surface area contributed by atoms with Gasteiger partial charge in [0.05, 0.1) is 21.0 Å². The van der Waals surface area contributed by atoms with E-state index in [1.807, 2.05) is 0 Å². The van der Waals surface area contributed by atoms with Gasteiger partial charge < -0.3 is 5.32 Å². The molecule has 0 heterocycles. The quantitative estimate of drug-likeness (QED) is 0.686. The fourth-order valence-corrected chi connectivity index (χ4v) is 4.37. The minimum atomic E-state index is -4.49. The van der Waals surface area contributed by atoms with E-state index in [1.54, 1.807) is 13.8 Å². The molecule has 0 aliphatic heterocycles. The highest BCUT2D eigenvalue weighted by molar-refractivity contribution is 7.89. The summed E-state index contributed by atoms with van der Waals surface area (Å²) in [5.74, 6) is -0.691. The van der Waals surface area contributed by atoms with Crippen molar-refractivity contribution in [2.75, 3.05) is 13.1 Å². The Morgan fingerprint density at radius 3 is 2.34 bits per heavy atom. The summed E-state index contributed by atoms with van der Waals surface area (Å²) in [4.78, 5) is 12.4. The van der Waals surface area contributed by atoms with Gasteiger partial charge in [-0.25, -0.2) is 8.42 Å². The smallest absolute Gasteiger partial charge is 0.348 e. The van der Waals surface area contributed by atoms with Gasteiger partial charge in [-0.3, -0.25) is 4.79 Å². The highest BCUT2D eigenvalue weighted by Gasteiger charge is 2.30. The Bertz CT molecular complexity index is 990. The number of rotatable bonds is 7. The van der Waals surface area contributed by atoms with Crippen LogP contribution in [0.4, 0.5) is 13.2 Å². The largest absolute Gasteiger partial charge is 0.416 e. The minimum Gasteiger partial charge on any atom is -0.348 e. The zero-order chi connectivity index (χ0) is 21.8. The third kappa shape index (κ3) is 5.49. The predicted octanol–water partition coefficient (Wildman–Crippen LogP) is 4.32. The summed E-state index contributed by atoms with van der Waals surface area (Å²) in [5, 5.41) is 2.50. The second-order valence-electron chi connectivity index (χ2n) is 6.11. The lowest BCUT2D eigenvalue weighted by Gasteiger charge is -2.19. The van der Waals surface area contributed by atoms with E-state index >= 15 is 0 Å². The van der Waals surface area contributed by atoms with Crippen molar-refractivity contribution < 1.29 is 26.4 Å². The lowest BCUT2D eigenvalue weighted by atomic mass is 10.1. The van der Waals surface area contributed by atoms with Gasteiger partial charge in [-0.05, 0) is 35.9 Å². The number of benzene rings is 2. The summed E-state index contributed by atoms with van der Waals surface area (Å²) in [5.41, 5.74) is -0.655. The van der Waals surface area contributed by atoms with E-state index in [9.17, 15) is 26.4 Å². The van der Waals surface area contributed by atoms with Crippen LogP contribution in [0.25, 0.3) is 0 Å². The van der Waals surface area contributed by atoms with E-state index < -0.39 is 27.7 Å². The van der Waals surface area contributed by atoms with Crippen LogP contribution < -0.4 is 5.32 Å². The Labute approximate surface area is 172 Å². The van der Waals surface area contributed by atoms with Crippen molar-refractivity contribution in [2.24, 2.45) is 0 Å². The number of amides is 1. The van der Waals surface area contributed by atoms with Crippen molar-refractivity contribution in [3.05, 3.63) is 64.2 Å². The van der Waals surface area contributed by atoms with Gasteiger partial charge in [-0.2, -0.15) is 17.5 Å². The first kappa shape index (κ1) is 23.2. The number of hydrogen-bond donors (Lipinski definition) is 1. The number of nitrogens with one attached hydrogen (secondary N) is 1. The normalized spacial score (nSPS) is 12.2. The van der Waals surface area contributed by atoms with Crippen LogP contribution in [-0.2, 0) is 22.7 Å². The number of carbonyl (C=O) groups is 1. The summed E-state index contributed by atoms with van der Waals surface area (Å²) < 4.78 is 64.9. The number of carbonyl (C=O) groups excluding carboxylic acids is 1. The highest BCUT2D eigenvalue weighted by Crippen LogP contribution is 2.29. The fourth-order valence-electron chi connectivity index (χ4n) is 2.69. The van der Waals surface area contributed by atoms with E-state index in [-0.39, 0.29) is 40.7 Å². The molecule has 5 nitrogen and oxygen atoms in total. The molecule has 0 aromatic heterocycles. The summed E-state index contributed by atoms with van der Waals surface area (Å²) in [7, 11) is -3.79. The summed E-state index contributed by atoms with van der Waals surface area (Å²) in [6.07, 6.45) is -4.49. The summed E-state index contributed by atoms with van der Waals surface area (Å²) >= 11 is 6.04. The molecule has 0 fully saturated rings. The van der Waals surface area contributed by atoms with Gasteiger partial charge in [0.15, 0.2) is 0 Å². The van der Waals surface area contributed by atoms with Crippen LogP contribution >= 0.6 is 11.6 Å². The molecule has 2 aromatic rings. The number of halogens is 4. The monoisotopic (exact) mass is 448 g/mol. The molecular formula is C19H20ClF3N2O3S. The summed E-state index contributed by atoms with van der Waals surface area (Å²) in [6.45, 7) is 3.74. The van der Waals surface area contributed by atoms with Gasteiger partial charge in [-0.15, -0.1) is 0 Å². The van der Waals surface area contributed by atoms with Gasteiger partial charge in [0.2, 0.25) is 10.0 Å². The second kappa shape index (κ2) is 9.15. The van der Waals surface area contributed by atoms with Crippen molar-refractivity contribution in [3.63, 3.8) is 0 Å². The van der Waals surface area contributed by atoms with Gasteiger partial charge in [-0.1, -0.05) is 37.6 Å². The first-order valence-electron chi connectivity index (χ1n) is 8.74. The van der Waals surface area contributed by atoms with Gasteiger partial charge in [0.1, 0.15) is 0 Å². The second-order valence-corrected chi connectivity index (χ2v) is 8.46. The van der Waals surface area contributed by atoms with Gasteiger partial charge in [0.25, 0.3) is 5.91 Å². The van der Waals surface area contributed by atoms with Gasteiger partial charge >= 0.3 is 6.18 Å². The Morgan fingerprint density at radius 2 is 1.76 bits per heavy atom. The molecule has 2 aromatic carbocycles. The Morgan fingerprint density at radius 1 is 1.10 bits per heavy atom. The number of alkyl halides is 3. The zero-order valence-corrected chi connectivity index (χ0v) is 17.3. The van der Waals surface area contributed by atoms with E-state index in [0.29, 0.717) is 0 Å². The first-order valence-corrected chi connectivity index (χ1v) is 10.6. The fraction of sp³-hybridized carbons (Fsp3) is 0.316. The van der Waals surface area contributed by atoms with E-state index in [0.717, 1.165) is 18.2 Å². The molecular weight excluding hydrogens is 429 g/mol. The molecule has 158 valence electrons. The average Bonchev–Trinajstić information content (AvgIpc) is 2.66. The van der Waals surface area contributed by atoms with E-state index in [1.165, 1.54) is 28.6 Å². The third-order valence-corrected chi connectivity index (χ3v) is 6.61. The average molecular weight is 449 g/mol. The number of sulfonamides is 1. The standard InChI is InChI=1S/C19H20ClF3N2O3S/c1-3-25(4-2)29(27,28)15-8-9-17(20)16(11-15)18(26)24-12-13-6-5-7-14(10-13)19(21,22)23/h5-11H,3-4,12H2,1-2H3,(H,24,26). The molecule has 10 heteroatoms. The van der Waals surface area contributed by atoms with Crippen LogP contribution in [0.1, 0.15) is 35.3 Å². The topological polar surface area (TPSA) is 66.5 Å². The van der Waals surface area contributed by atoms with Crippen molar-refractivity contribution in [1.29, 1.82) is 0 Å². The molecule has 0 spiro atoms.